The Bertz CT molecular complexity index is 746. The molecule has 118 valence electrons. The normalized spacial score (nSPS) is 13.3. The highest BCUT2D eigenvalue weighted by molar-refractivity contribution is 6.22. The largest absolute Gasteiger partial charge is 0.354 e. The number of nitrogens with zero attached hydrogens (tertiary/aromatic N) is 3. The molecule has 7 heteroatoms. The first-order valence-electron chi connectivity index (χ1n) is 7.25. The minimum Gasteiger partial charge on any atom is -0.354 e. The molecule has 23 heavy (non-hydrogen) atoms. The number of rotatable bonds is 5. The van der Waals surface area contributed by atoms with Crippen molar-refractivity contribution in [3.05, 3.63) is 53.3 Å². The standard InChI is InChI=1S/C16H16N4O3/c1-19-9-11(8-18-19)6-7-17-14(21)10-20-15(22)12-4-2-3-5-13(12)16(20)23/h2-5,8-9H,6-7,10H2,1H3,(H,17,21). The van der Waals surface area contributed by atoms with Gasteiger partial charge in [0.2, 0.25) is 5.91 Å². The van der Waals surface area contributed by atoms with Gasteiger partial charge < -0.3 is 5.32 Å². The highest BCUT2D eigenvalue weighted by Crippen LogP contribution is 2.21. The summed E-state index contributed by atoms with van der Waals surface area (Å²) in [6.07, 6.45) is 4.24. The number of aromatic nitrogens is 2. The molecule has 1 N–H and O–H groups in total. The molecule has 0 bridgehead atoms. The van der Waals surface area contributed by atoms with E-state index in [1.807, 2.05) is 13.2 Å². The van der Waals surface area contributed by atoms with Crippen molar-refractivity contribution >= 4 is 17.7 Å². The van der Waals surface area contributed by atoms with Crippen LogP contribution in [0.4, 0.5) is 0 Å². The van der Waals surface area contributed by atoms with Gasteiger partial charge in [-0.1, -0.05) is 12.1 Å². The van der Waals surface area contributed by atoms with Crippen LogP contribution in [-0.4, -0.2) is 45.5 Å². The van der Waals surface area contributed by atoms with Gasteiger partial charge in [0.05, 0.1) is 17.3 Å². The highest BCUT2D eigenvalue weighted by Gasteiger charge is 2.36. The molecule has 0 unspecified atom stereocenters. The smallest absolute Gasteiger partial charge is 0.262 e. The number of fused-ring (bicyclic) bond motifs is 1. The van der Waals surface area contributed by atoms with Gasteiger partial charge in [-0.25, -0.2) is 0 Å². The first-order valence-corrected chi connectivity index (χ1v) is 7.25. The van der Waals surface area contributed by atoms with Crippen LogP contribution < -0.4 is 5.32 Å². The second-order valence-electron chi connectivity index (χ2n) is 5.36. The van der Waals surface area contributed by atoms with Crippen LogP contribution in [0.2, 0.25) is 0 Å². The van der Waals surface area contributed by atoms with E-state index in [4.69, 9.17) is 0 Å². The number of aryl methyl sites for hydroxylation is 1. The van der Waals surface area contributed by atoms with Gasteiger partial charge >= 0.3 is 0 Å². The van der Waals surface area contributed by atoms with Crippen molar-refractivity contribution in [3.63, 3.8) is 0 Å². The Balaban J connectivity index is 1.54. The number of imide groups is 1. The molecule has 0 radical (unpaired) electrons. The van der Waals surface area contributed by atoms with Gasteiger partial charge in [0.1, 0.15) is 6.54 Å². The molecular formula is C16H16N4O3. The lowest BCUT2D eigenvalue weighted by molar-refractivity contribution is -0.121. The van der Waals surface area contributed by atoms with Crippen LogP contribution in [0.15, 0.2) is 36.7 Å². The summed E-state index contributed by atoms with van der Waals surface area (Å²) >= 11 is 0. The van der Waals surface area contributed by atoms with Crippen molar-refractivity contribution in [1.29, 1.82) is 0 Å². The third kappa shape index (κ3) is 2.98. The molecule has 0 atom stereocenters. The molecule has 1 aliphatic heterocycles. The van der Waals surface area contributed by atoms with Crippen LogP contribution in [0, 0.1) is 0 Å². The molecule has 1 aliphatic rings. The number of nitrogens with one attached hydrogen (secondary N) is 1. The van der Waals surface area contributed by atoms with Crippen molar-refractivity contribution < 1.29 is 14.4 Å². The second-order valence-corrected chi connectivity index (χ2v) is 5.36. The molecule has 1 aromatic heterocycles. The maximum absolute atomic E-state index is 12.2. The molecule has 0 saturated heterocycles. The molecular weight excluding hydrogens is 296 g/mol. The summed E-state index contributed by atoms with van der Waals surface area (Å²) in [6.45, 7) is 0.160. The Morgan fingerprint density at radius 1 is 1.17 bits per heavy atom. The van der Waals surface area contributed by atoms with E-state index in [9.17, 15) is 14.4 Å². The van der Waals surface area contributed by atoms with Crippen molar-refractivity contribution in [2.45, 2.75) is 6.42 Å². The van der Waals surface area contributed by atoms with Crippen LogP contribution in [0.25, 0.3) is 0 Å². The number of benzene rings is 1. The molecule has 0 fully saturated rings. The van der Waals surface area contributed by atoms with Crippen molar-refractivity contribution in [2.75, 3.05) is 13.1 Å². The average molecular weight is 312 g/mol. The summed E-state index contributed by atoms with van der Waals surface area (Å²) in [5.41, 5.74) is 1.70. The SMILES string of the molecule is Cn1cc(CCNC(=O)CN2C(=O)c3ccccc3C2=O)cn1. The first-order chi connectivity index (χ1) is 11.1. The van der Waals surface area contributed by atoms with E-state index >= 15 is 0 Å². The van der Waals surface area contributed by atoms with Crippen molar-refractivity contribution in [2.24, 2.45) is 7.05 Å². The average Bonchev–Trinajstić information content (AvgIpc) is 3.05. The van der Waals surface area contributed by atoms with Crippen LogP contribution in [0.1, 0.15) is 26.3 Å². The second kappa shape index (κ2) is 6.04. The fourth-order valence-electron chi connectivity index (χ4n) is 2.53. The van der Waals surface area contributed by atoms with Gasteiger partial charge in [-0.15, -0.1) is 0 Å². The molecule has 7 nitrogen and oxygen atoms in total. The number of amides is 3. The lowest BCUT2D eigenvalue weighted by atomic mass is 10.1. The van der Waals surface area contributed by atoms with Gasteiger partial charge in [0, 0.05) is 19.8 Å². The van der Waals surface area contributed by atoms with Crippen LogP contribution in [-0.2, 0) is 18.3 Å². The van der Waals surface area contributed by atoms with Crippen LogP contribution in [0.3, 0.4) is 0 Å². The van der Waals surface area contributed by atoms with E-state index in [2.05, 4.69) is 10.4 Å². The summed E-state index contributed by atoms with van der Waals surface area (Å²) in [4.78, 5) is 37.2. The zero-order valence-corrected chi connectivity index (χ0v) is 12.7. The first kappa shape index (κ1) is 15.0. The van der Waals surface area contributed by atoms with Gasteiger partial charge in [-0.2, -0.15) is 5.10 Å². The summed E-state index contributed by atoms with van der Waals surface area (Å²) in [6, 6.07) is 6.58. The van der Waals surface area contributed by atoms with Gasteiger partial charge in [0.25, 0.3) is 11.8 Å². The van der Waals surface area contributed by atoms with Gasteiger partial charge in [0.15, 0.2) is 0 Å². The predicted molar refractivity (Wildman–Crippen MR) is 81.7 cm³/mol. The fraction of sp³-hybridized carbons (Fsp3) is 0.250. The monoisotopic (exact) mass is 312 g/mol. The van der Waals surface area contributed by atoms with E-state index in [1.54, 1.807) is 35.1 Å². The number of hydrogen-bond acceptors (Lipinski definition) is 4. The van der Waals surface area contributed by atoms with E-state index in [0.717, 1.165) is 10.5 Å². The lowest BCUT2D eigenvalue weighted by Crippen LogP contribution is -2.40. The molecule has 2 aromatic rings. The molecule has 3 amide bonds. The summed E-state index contributed by atoms with van der Waals surface area (Å²) in [5, 5.41) is 6.76. The van der Waals surface area contributed by atoms with E-state index in [1.165, 1.54) is 0 Å². The highest BCUT2D eigenvalue weighted by atomic mass is 16.2. The Kier molecular flexibility index (Phi) is 3.92. The third-order valence-corrected chi connectivity index (χ3v) is 3.67. The molecule has 2 heterocycles. The van der Waals surface area contributed by atoms with Gasteiger partial charge in [-0.05, 0) is 24.1 Å². The van der Waals surface area contributed by atoms with E-state index < -0.39 is 11.8 Å². The maximum atomic E-state index is 12.2. The van der Waals surface area contributed by atoms with E-state index in [0.29, 0.717) is 24.1 Å². The predicted octanol–water partition coefficient (Wildman–Crippen LogP) is 0.375. The fourth-order valence-corrected chi connectivity index (χ4v) is 2.53. The zero-order chi connectivity index (χ0) is 16.4. The van der Waals surface area contributed by atoms with Gasteiger partial charge in [-0.3, -0.25) is 24.0 Å². The van der Waals surface area contributed by atoms with E-state index in [-0.39, 0.29) is 12.5 Å². The topological polar surface area (TPSA) is 84.3 Å². The Morgan fingerprint density at radius 2 is 1.83 bits per heavy atom. The number of carbonyl (C=O) groups excluding carboxylic acids is 3. The zero-order valence-electron chi connectivity index (χ0n) is 12.7. The quantitative estimate of drug-likeness (QED) is 0.809. The molecule has 0 spiro atoms. The lowest BCUT2D eigenvalue weighted by Gasteiger charge is -2.13. The van der Waals surface area contributed by atoms with Crippen LogP contribution >= 0.6 is 0 Å². The molecule has 3 rings (SSSR count). The third-order valence-electron chi connectivity index (χ3n) is 3.67. The number of hydrogen-bond donors (Lipinski definition) is 1. The Morgan fingerprint density at radius 3 is 2.39 bits per heavy atom. The molecule has 1 aromatic carbocycles. The summed E-state index contributed by atoms with van der Waals surface area (Å²) in [5.74, 6) is -1.20. The Hall–Kier alpha value is -2.96. The summed E-state index contributed by atoms with van der Waals surface area (Å²) in [7, 11) is 1.82. The Labute approximate surface area is 132 Å². The minimum atomic E-state index is -0.423. The minimum absolute atomic E-state index is 0.264. The van der Waals surface area contributed by atoms with Crippen molar-refractivity contribution in [3.8, 4) is 0 Å². The molecule has 0 aliphatic carbocycles. The molecule has 0 saturated carbocycles. The maximum Gasteiger partial charge on any atom is 0.262 e. The number of carbonyl (C=O) groups is 3. The summed E-state index contributed by atoms with van der Waals surface area (Å²) < 4.78 is 1.69. The van der Waals surface area contributed by atoms with Crippen LogP contribution in [0.5, 0.6) is 0 Å². The van der Waals surface area contributed by atoms with Crippen molar-refractivity contribution in [1.82, 2.24) is 20.0 Å².